The lowest BCUT2D eigenvalue weighted by atomic mass is 10.1. The summed E-state index contributed by atoms with van der Waals surface area (Å²) in [5, 5.41) is 5.06. The number of nitrogens with zero attached hydrogens (tertiary/aromatic N) is 2. The highest BCUT2D eigenvalue weighted by Crippen LogP contribution is 2.29. The van der Waals surface area contributed by atoms with E-state index in [2.05, 4.69) is 10.2 Å². The van der Waals surface area contributed by atoms with Crippen molar-refractivity contribution in [2.24, 2.45) is 0 Å². The molecular formula is C21H25N3O2S. The van der Waals surface area contributed by atoms with Crippen molar-refractivity contribution in [1.29, 1.82) is 0 Å². The topological polar surface area (TPSA) is 52.7 Å². The maximum Gasteiger partial charge on any atom is 0.264 e. The van der Waals surface area contributed by atoms with Crippen molar-refractivity contribution in [3.8, 4) is 11.1 Å². The van der Waals surface area contributed by atoms with Gasteiger partial charge in [-0.05, 0) is 36.8 Å². The molecule has 1 N–H and O–H groups in total. The molecule has 2 aromatic rings. The Hall–Kier alpha value is -2.18. The van der Waals surface area contributed by atoms with E-state index in [0.717, 1.165) is 41.9 Å². The van der Waals surface area contributed by atoms with Crippen molar-refractivity contribution >= 4 is 23.2 Å². The SMILES string of the molecule is CC(C(=O)NC1CC1)N1CCN(C(=O)c2sccc2-c2ccccc2)CC1. The van der Waals surface area contributed by atoms with Crippen LogP contribution in [0.3, 0.4) is 0 Å². The molecule has 2 fully saturated rings. The van der Waals surface area contributed by atoms with Gasteiger partial charge in [0.1, 0.15) is 0 Å². The van der Waals surface area contributed by atoms with Crippen molar-refractivity contribution in [3.05, 3.63) is 46.7 Å². The molecule has 6 heteroatoms. The Labute approximate surface area is 164 Å². The molecule has 1 aromatic heterocycles. The summed E-state index contributed by atoms with van der Waals surface area (Å²) in [5.74, 6) is 0.209. The van der Waals surface area contributed by atoms with E-state index in [1.54, 1.807) is 0 Å². The van der Waals surface area contributed by atoms with Crippen molar-refractivity contribution in [2.75, 3.05) is 26.2 Å². The summed E-state index contributed by atoms with van der Waals surface area (Å²) < 4.78 is 0. The van der Waals surface area contributed by atoms with Crippen LogP contribution in [0.15, 0.2) is 41.8 Å². The second-order valence-electron chi connectivity index (χ2n) is 7.32. The summed E-state index contributed by atoms with van der Waals surface area (Å²) >= 11 is 1.50. The number of nitrogens with one attached hydrogen (secondary N) is 1. The van der Waals surface area contributed by atoms with Crippen LogP contribution < -0.4 is 5.32 Å². The van der Waals surface area contributed by atoms with Gasteiger partial charge in [-0.3, -0.25) is 14.5 Å². The van der Waals surface area contributed by atoms with Gasteiger partial charge in [0, 0.05) is 37.8 Å². The molecule has 2 aliphatic rings. The van der Waals surface area contributed by atoms with Gasteiger partial charge >= 0.3 is 0 Å². The molecule has 1 unspecified atom stereocenters. The third-order valence-corrected chi connectivity index (χ3v) is 6.30. The van der Waals surface area contributed by atoms with Gasteiger partial charge < -0.3 is 10.2 Å². The number of hydrogen-bond donors (Lipinski definition) is 1. The first kappa shape index (κ1) is 18.2. The third-order valence-electron chi connectivity index (χ3n) is 5.40. The van der Waals surface area contributed by atoms with Crippen molar-refractivity contribution in [2.45, 2.75) is 31.8 Å². The lowest BCUT2D eigenvalue weighted by Crippen LogP contribution is -2.55. The highest BCUT2D eigenvalue weighted by atomic mass is 32.1. The van der Waals surface area contributed by atoms with Crippen LogP contribution >= 0.6 is 11.3 Å². The van der Waals surface area contributed by atoms with Gasteiger partial charge in [0.05, 0.1) is 10.9 Å². The number of amides is 2. The molecule has 1 saturated carbocycles. The predicted molar refractivity (Wildman–Crippen MR) is 108 cm³/mol. The smallest absolute Gasteiger partial charge is 0.264 e. The summed E-state index contributed by atoms with van der Waals surface area (Å²) in [7, 11) is 0. The van der Waals surface area contributed by atoms with Crippen LogP contribution in [0.5, 0.6) is 0 Å². The van der Waals surface area contributed by atoms with Crippen LogP contribution in [0.2, 0.25) is 0 Å². The first-order valence-electron chi connectivity index (χ1n) is 9.60. The average molecular weight is 384 g/mol. The predicted octanol–water partition coefficient (Wildman–Crippen LogP) is 2.84. The minimum absolute atomic E-state index is 0.0959. The molecule has 4 rings (SSSR count). The van der Waals surface area contributed by atoms with Crippen LogP contribution in [0.4, 0.5) is 0 Å². The minimum atomic E-state index is -0.135. The summed E-state index contributed by atoms with van der Waals surface area (Å²) in [6, 6.07) is 12.3. The fraction of sp³-hybridized carbons (Fsp3) is 0.429. The lowest BCUT2D eigenvalue weighted by molar-refractivity contribution is -0.126. The molecule has 142 valence electrons. The Balaban J connectivity index is 1.38. The number of carbonyl (C=O) groups is 2. The highest BCUT2D eigenvalue weighted by molar-refractivity contribution is 7.12. The van der Waals surface area contributed by atoms with Crippen LogP contribution in [0, 0.1) is 0 Å². The highest BCUT2D eigenvalue weighted by Gasteiger charge is 2.31. The van der Waals surface area contributed by atoms with Crippen molar-refractivity contribution in [3.63, 3.8) is 0 Å². The van der Waals surface area contributed by atoms with Crippen molar-refractivity contribution in [1.82, 2.24) is 15.1 Å². The molecule has 2 heterocycles. The first-order valence-corrected chi connectivity index (χ1v) is 10.5. The molecule has 27 heavy (non-hydrogen) atoms. The van der Waals surface area contributed by atoms with Gasteiger partial charge in [-0.25, -0.2) is 0 Å². The molecule has 1 saturated heterocycles. The molecule has 5 nitrogen and oxygen atoms in total. The largest absolute Gasteiger partial charge is 0.352 e. The second kappa shape index (κ2) is 7.82. The van der Waals surface area contributed by atoms with Crippen LogP contribution in [0.1, 0.15) is 29.4 Å². The number of rotatable bonds is 5. The molecule has 0 bridgehead atoms. The van der Waals surface area contributed by atoms with Crippen LogP contribution in [0.25, 0.3) is 11.1 Å². The number of thiophene rings is 1. The molecule has 2 amide bonds. The lowest BCUT2D eigenvalue weighted by Gasteiger charge is -2.37. The molecule has 1 atom stereocenters. The Morgan fingerprint density at radius 1 is 1.07 bits per heavy atom. The number of hydrogen-bond acceptors (Lipinski definition) is 4. The monoisotopic (exact) mass is 383 g/mol. The van der Waals surface area contributed by atoms with Crippen molar-refractivity contribution < 1.29 is 9.59 Å². The quantitative estimate of drug-likeness (QED) is 0.864. The number of benzene rings is 1. The zero-order valence-electron chi connectivity index (χ0n) is 15.6. The van der Waals surface area contributed by atoms with Gasteiger partial charge in [0.2, 0.25) is 5.91 Å². The van der Waals surface area contributed by atoms with Crippen LogP contribution in [-0.4, -0.2) is 59.9 Å². The fourth-order valence-corrected chi connectivity index (χ4v) is 4.37. The van der Waals surface area contributed by atoms with Crippen LogP contribution in [-0.2, 0) is 4.79 Å². The number of piperazine rings is 1. The molecular weight excluding hydrogens is 358 g/mol. The zero-order chi connectivity index (χ0) is 18.8. The normalized spacial score (nSPS) is 18.9. The van der Waals surface area contributed by atoms with E-state index >= 15 is 0 Å². The maximum absolute atomic E-state index is 13.1. The summed E-state index contributed by atoms with van der Waals surface area (Å²) in [5.41, 5.74) is 2.08. The van der Waals surface area contributed by atoms with Gasteiger partial charge in [-0.2, -0.15) is 0 Å². The van der Waals surface area contributed by atoms with Gasteiger partial charge in [-0.1, -0.05) is 30.3 Å². The van der Waals surface area contributed by atoms with Gasteiger partial charge in [0.25, 0.3) is 5.91 Å². The van der Waals surface area contributed by atoms with E-state index < -0.39 is 0 Å². The van der Waals surface area contributed by atoms with Gasteiger partial charge in [0.15, 0.2) is 0 Å². The molecule has 1 aromatic carbocycles. The van der Waals surface area contributed by atoms with E-state index in [1.165, 1.54) is 11.3 Å². The van der Waals surface area contributed by atoms with E-state index in [9.17, 15) is 9.59 Å². The average Bonchev–Trinajstić information content (AvgIpc) is 3.39. The van der Waals surface area contributed by atoms with E-state index in [1.807, 2.05) is 53.6 Å². The standard InChI is InChI=1S/C21H25N3O2S/c1-15(20(25)22-17-7-8-17)23-10-12-24(13-11-23)21(26)19-18(9-14-27-19)16-5-3-2-4-6-16/h2-6,9,14-15,17H,7-8,10-13H2,1H3,(H,22,25). The fourth-order valence-electron chi connectivity index (χ4n) is 3.49. The molecule has 1 aliphatic heterocycles. The Bertz CT molecular complexity index is 808. The zero-order valence-corrected chi connectivity index (χ0v) is 16.4. The first-order chi connectivity index (χ1) is 13.1. The summed E-state index contributed by atoms with van der Waals surface area (Å²) in [4.78, 5) is 30.2. The maximum atomic E-state index is 13.1. The Morgan fingerprint density at radius 3 is 2.44 bits per heavy atom. The Morgan fingerprint density at radius 2 is 1.78 bits per heavy atom. The third kappa shape index (κ3) is 4.06. The second-order valence-corrected chi connectivity index (χ2v) is 8.23. The Kier molecular flexibility index (Phi) is 5.27. The molecule has 0 spiro atoms. The summed E-state index contributed by atoms with van der Waals surface area (Å²) in [6.45, 7) is 4.74. The van der Waals surface area contributed by atoms with E-state index in [0.29, 0.717) is 19.1 Å². The van der Waals surface area contributed by atoms with E-state index in [-0.39, 0.29) is 17.9 Å². The molecule has 1 aliphatic carbocycles. The minimum Gasteiger partial charge on any atom is -0.352 e. The summed E-state index contributed by atoms with van der Waals surface area (Å²) in [6.07, 6.45) is 2.20. The number of carbonyl (C=O) groups excluding carboxylic acids is 2. The van der Waals surface area contributed by atoms with Gasteiger partial charge in [-0.15, -0.1) is 11.3 Å². The molecule has 0 radical (unpaired) electrons. The van der Waals surface area contributed by atoms with E-state index in [4.69, 9.17) is 0 Å².